The summed E-state index contributed by atoms with van der Waals surface area (Å²) in [5, 5.41) is 0. The van der Waals surface area contributed by atoms with Gasteiger partial charge in [0, 0.05) is 0 Å². The molecule has 0 aromatic heterocycles. The molecule has 0 atom stereocenters. The van der Waals surface area contributed by atoms with E-state index in [1.54, 1.807) is 0 Å². The van der Waals surface area contributed by atoms with Crippen LogP contribution in [0, 0.1) is 5.41 Å². The third-order valence-corrected chi connectivity index (χ3v) is 2.19. The maximum absolute atomic E-state index is 11.0. The number of nitrogens with two attached hydrogens (primary N) is 1. The van der Waals surface area contributed by atoms with Crippen molar-refractivity contribution >= 4 is 5.91 Å². The summed E-state index contributed by atoms with van der Waals surface area (Å²) < 4.78 is 0. The lowest BCUT2D eigenvalue weighted by Crippen LogP contribution is -2.32. The Balaban J connectivity index is 2.81. The van der Waals surface area contributed by atoms with Gasteiger partial charge in [-0.25, -0.2) is 0 Å². The van der Waals surface area contributed by atoms with E-state index in [0.717, 1.165) is 12.0 Å². The summed E-state index contributed by atoms with van der Waals surface area (Å²) in [6.07, 6.45) is 6.81. The summed E-state index contributed by atoms with van der Waals surface area (Å²) in [5.74, 6) is -0.257. The number of hydrogen-bond acceptors (Lipinski definition) is 1. The molecule has 0 saturated heterocycles. The minimum Gasteiger partial charge on any atom is -0.369 e. The lowest BCUT2D eigenvalue weighted by molar-refractivity contribution is -0.124. The van der Waals surface area contributed by atoms with Crippen LogP contribution in [0.1, 0.15) is 20.3 Å². The van der Waals surface area contributed by atoms with Crippen LogP contribution in [0.15, 0.2) is 23.8 Å². The minimum atomic E-state index is -0.483. The van der Waals surface area contributed by atoms with Crippen LogP contribution in [0.5, 0.6) is 0 Å². The molecular formula is C9H13NO. The highest BCUT2D eigenvalue weighted by atomic mass is 16.1. The quantitative estimate of drug-likeness (QED) is 0.636. The van der Waals surface area contributed by atoms with E-state index in [9.17, 15) is 4.79 Å². The van der Waals surface area contributed by atoms with Crippen LogP contribution in [0.4, 0.5) is 0 Å². The van der Waals surface area contributed by atoms with E-state index in [1.165, 1.54) is 0 Å². The van der Waals surface area contributed by atoms with Gasteiger partial charge in [0.1, 0.15) is 0 Å². The normalized spacial score (nSPS) is 16.7. The van der Waals surface area contributed by atoms with Crippen LogP contribution in [0.3, 0.4) is 0 Å². The molecule has 0 saturated carbocycles. The molecule has 0 aromatic rings. The van der Waals surface area contributed by atoms with E-state index in [1.807, 2.05) is 32.1 Å². The van der Waals surface area contributed by atoms with Gasteiger partial charge < -0.3 is 5.73 Å². The molecule has 1 aliphatic carbocycles. The third kappa shape index (κ3) is 1.34. The van der Waals surface area contributed by atoms with Gasteiger partial charge in [0.05, 0.1) is 5.41 Å². The van der Waals surface area contributed by atoms with E-state index in [2.05, 4.69) is 0 Å². The molecule has 0 heterocycles. The maximum atomic E-state index is 11.0. The highest BCUT2D eigenvalue weighted by molar-refractivity contribution is 5.83. The molecule has 1 amide bonds. The SMILES string of the molecule is CC(C)(C(N)=O)C1=CC=CC1. The third-order valence-electron chi connectivity index (χ3n) is 2.19. The summed E-state index contributed by atoms with van der Waals surface area (Å²) in [5.41, 5.74) is 5.86. The molecule has 0 aliphatic heterocycles. The summed E-state index contributed by atoms with van der Waals surface area (Å²) in [4.78, 5) is 11.0. The molecule has 0 spiro atoms. The number of carbonyl (C=O) groups excluding carboxylic acids is 1. The molecule has 60 valence electrons. The summed E-state index contributed by atoms with van der Waals surface area (Å²) >= 11 is 0. The first-order valence-electron chi connectivity index (χ1n) is 3.71. The standard InChI is InChI=1S/C9H13NO/c1-9(2,8(10)11)7-5-3-4-6-7/h3-5H,6H2,1-2H3,(H2,10,11). The fraction of sp³-hybridized carbons (Fsp3) is 0.444. The smallest absolute Gasteiger partial charge is 0.227 e. The molecule has 1 rings (SSSR count). The lowest BCUT2D eigenvalue weighted by Gasteiger charge is -2.21. The fourth-order valence-electron chi connectivity index (χ4n) is 1.07. The largest absolute Gasteiger partial charge is 0.369 e. The van der Waals surface area contributed by atoms with Crippen LogP contribution in [-0.2, 0) is 4.79 Å². The minimum absolute atomic E-state index is 0.257. The second kappa shape index (κ2) is 2.53. The van der Waals surface area contributed by atoms with E-state index >= 15 is 0 Å². The zero-order valence-electron chi connectivity index (χ0n) is 6.92. The van der Waals surface area contributed by atoms with E-state index in [-0.39, 0.29) is 5.91 Å². The van der Waals surface area contributed by atoms with Crippen LogP contribution < -0.4 is 5.73 Å². The van der Waals surface area contributed by atoms with Crippen LogP contribution >= 0.6 is 0 Å². The second-order valence-electron chi connectivity index (χ2n) is 3.31. The van der Waals surface area contributed by atoms with Gasteiger partial charge in [-0.1, -0.05) is 23.8 Å². The Morgan fingerprint density at radius 3 is 2.64 bits per heavy atom. The van der Waals surface area contributed by atoms with Crippen molar-refractivity contribution in [3.8, 4) is 0 Å². The summed E-state index contributed by atoms with van der Waals surface area (Å²) in [7, 11) is 0. The van der Waals surface area contributed by atoms with Gasteiger partial charge in [-0.2, -0.15) is 0 Å². The van der Waals surface area contributed by atoms with Crippen molar-refractivity contribution in [2.75, 3.05) is 0 Å². The molecule has 0 bridgehead atoms. The fourth-order valence-corrected chi connectivity index (χ4v) is 1.07. The molecule has 0 aromatic carbocycles. The number of primary amides is 1. The van der Waals surface area contributed by atoms with Gasteiger partial charge >= 0.3 is 0 Å². The van der Waals surface area contributed by atoms with Crippen molar-refractivity contribution in [3.05, 3.63) is 23.8 Å². The number of rotatable bonds is 2. The van der Waals surface area contributed by atoms with Gasteiger partial charge in [-0.15, -0.1) is 0 Å². The molecular weight excluding hydrogens is 138 g/mol. The highest BCUT2D eigenvalue weighted by Crippen LogP contribution is 2.31. The Morgan fingerprint density at radius 2 is 2.27 bits per heavy atom. The number of amides is 1. The lowest BCUT2D eigenvalue weighted by atomic mass is 9.83. The summed E-state index contributed by atoms with van der Waals surface area (Å²) in [6.45, 7) is 3.71. The van der Waals surface area contributed by atoms with Crippen LogP contribution in [-0.4, -0.2) is 5.91 Å². The molecule has 1 aliphatic rings. The molecule has 2 nitrogen and oxygen atoms in total. The van der Waals surface area contributed by atoms with Gasteiger partial charge in [0.2, 0.25) is 5.91 Å². The van der Waals surface area contributed by atoms with Crippen molar-refractivity contribution in [3.63, 3.8) is 0 Å². The summed E-state index contributed by atoms with van der Waals surface area (Å²) in [6, 6.07) is 0. The van der Waals surface area contributed by atoms with Crippen molar-refractivity contribution in [1.29, 1.82) is 0 Å². The number of carbonyl (C=O) groups is 1. The number of allylic oxidation sites excluding steroid dienone is 3. The van der Waals surface area contributed by atoms with Gasteiger partial charge in [0.15, 0.2) is 0 Å². The average Bonchev–Trinajstić information content (AvgIpc) is 2.37. The highest BCUT2D eigenvalue weighted by Gasteiger charge is 2.29. The van der Waals surface area contributed by atoms with Gasteiger partial charge in [-0.05, 0) is 20.3 Å². The first-order chi connectivity index (χ1) is 5.05. The second-order valence-corrected chi connectivity index (χ2v) is 3.31. The average molecular weight is 151 g/mol. The zero-order chi connectivity index (χ0) is 8.48. The molecule has 0 fully saturated rings. The molecule has 11 heavy (non-hydrogen) atoms. The van der Waals surface area contributed by atoms with E-state index in [4.69, 9.17) is 5.73 Å². The monoisotopic (exact) mass is 151 g/mol. The van der Waals surface area contributed by atoms with Crippen molar-refractivity contribution in [1.82, 2.24) is 0 Å². The Kier molecular flexibility index (Phi) is 1.85. The Bertz CT molecular complexity index is 236. The first-order valence-corrected chi connectivity index (χ1v) is 3.71. The molecule has 2 N–H and O–H groups in total. The zero-order valence-corrected chi connectivity index (χ0v) is 6.92. The first kappa shape index (κ1) is 8.05. The van der Waals surface area contributed by atoms with Gasteiger partial charge in [0.25, 0.3) is 0 Å². The molecule has 2 heteroatoms. The van der Waals surface area contributed by atoms with Crippen molar-refractivity contribution in [2.45, 2.75) is 20.3 Å². The van der Waals surface area contributed by atoms with Crippen molar-refractivity contribution < 1.29 is 4.79 Å². The number of hydrogen-bond donors (Lipinski definition) is 1. The van der Waals surface area contributed by atoms with Crippen LogP contribution in [0.25, 0.3) is 0 Å². The predicted octanol–water partition coefficient (Wildman–Crippen LogP) is 1.38. The topological polar surface area (TPSA) is 43.1 Å². The Labute approximate surface area is 66.8 Å². The van der Waals surface area contributed by atoms with E-state index < -0.39 is 5.41 Å². The predicted molar refractivity (Wildman–Crippen MR) is 44.8 cm³/mol. The molecule has 0 unspecified atom stereocenters. The maximum Gasteiger partial charge on any atom is 0.227 e. The van der Waals surface area contributed by atoms with Crippen LogP contribution in [0.2, 0.25) is 0 Å². The van der Waals surface area contributed by atoms with E-state index in [0.29, 0.717) is 0 Å². The Hall–Kier alpha value is -1.05. The van der Waals surface area contributed by atoms with Gasteiger partial charge in [-0.3, -0.25) is 4.79 Å². The Morgan fingerprint density at radius 1 is 1.64 bits per heavy atom. The van der Waals surface area contributed by atoms with Crippen molar-refractivity contribution in [2.24, 2.45) is 11.1 Å². The molecule has 0 radical (unpaired) electrons.